The quantitative estimate of drug-likeness (QED) is 0.740. The van der Waals surface area contributed by atoms with Gasteiger partial charge in [0.15, 0.2) is 0 Å². The summed E-state index contributed by atoms with van der Waals surface area (Å²) < 4.78 is 0. The van der Waals surface area contributed by atoms with Crippen molar-refractivity contribution in [3.63, 3.8) is 0 Å². The zero-order chi connectivity index (χ0) is 11.5. The number of carbonyl (C=O) groups is 1. The zero-order valence-corrected chi connectivity index (χ0v) is 9.24. The smallest absolute Gasteiger partial charge is 0.239 e. The zero-order valence-electron chi connectivity index (χ0n) is 9.24. The van der Waals surface area contributed by atoms with Gasteiger partial charge >= 0.3 is 0 Å². The highest BCUT2D eigenvalue weighted by atomic mass is 16.2. The van der Waals surface area contributed by atoms with Gasteiger partial charge in [-0.1, -0.05) is 0 Å². The molecule has 0 bridgehead atoms. The molecule has 0 atom stereocenters. The summed E-state index contributed by atoms with van der Waals surface area (Å²) in [5.41, 5.74) is 6.33. The molecule has 0 unspecified atom stereocenters. The highest BCUT2D eigenvalue weighted by Crippen LogP contribution is 1.98. The standard InChI is InChI=1S/C10H16N4O/c1-7-4-13-8(5-12-7)6-14-9(15)10(2,3)11/h4-5H,6,11H2,1-3H3,(H,14,15). The van der Waals surface area contributed by atoms with E-state index in [1.54, 1.807) is 26.2 Å². The molecule has 5 nitrogen and oxygen atoms in total. The number of hydrogen-bond donors (Lipinski definition) is 2. The van der Waals surface area contributed by atoms with Crippen molar-refractivity contribution >= 4 is 5.91 Å². The lowest BCUT2D eigenvalue weighted by atomic mass is 10.1. The normalized spacial score (nSPS) is 11.2. The monoisotopic (exact) mass is 208 g/mol. The highest BCUT2D eigenvalue weighted by molar-refractivity contribution is 5.84. The van der Waals surface area contributed by atoms with E-state index in [4.69, 9.17) is 5.73 Å². The van der Waals surface area contributed by atoms with Crippen LogP contribution in [0, 0.1) is 6.92 Å². The van der Waals surface area contributed by atoms with Gasteiger partial charge in [-0.05, 0) is 20.8 Å². The fourth-order valence-electron chi connectivity index (χ4n) is 0.909. The summed E-state index contributed by atoms with van der Waals surface area (Å²) in [6.45, 7) is 5.53. The number of aromatic nitrogens is 2. The fraction of sp³-hybridized carbons (Fsp3) is 0.500. The molecule has 82 valence electrons. The van der Waals surface area contributed by atoms with Crippen molar-refractivity contribution in [2.24, 2.45) is 5.73 Å². The summed E-state index contributed by atoms with van der Waals surface area (Å²) in [5, 5.41) is 2.69. The number of aryl methyl sites for hydroxylation is 1. The van der Waals surface area contributed by atoms with E-state index in [1.807, 2.05) is 6.92 Å². The lowest BCUT2D eigenvalue weighted by Crippen LogP contribution is -2.48. The van der Waals surface area contributed by atoms with Crippen LogP contribution < -0.4 is 11.1 Å². The van der Waals surface area contributed by atoms with Crippen LogP contribution in [0.4, 0.5) is 0 Å². The number of nitrogens with two attached hydrogens (primary N) is 1. The van der Waals surface area contributed by atoms with Gasteiger partial charge in [0, 0.05) is 6.20 Å². The lowest BCUT2D eigenvalue weighted by molar-refractivity contribution is -0.125. The Balaban J connectivity index is 2.51. The van der Waals surface area contributed by atoms with Gasteiger partial charge in [-0.15, -0.1) is 0 Å². The minimum absolute atomic E-state index is 0.204. The predicted octanol–water partition coefficient (Wildman–Crippen LogP) is 0.139. The first-order chi connectivity index (χ1) is 6.89. The molecule has 15 heavy (non-hydrogen) atoms. The topological polar surface area (TPSA) is 80.9 Å². The predicted molar refractivity (Wildman–Crippen MR) is 56.9 cm³/mol. The Morgan fingerprint density at radius 2 is 2.13 bits per heavy atom. The molecule has 0 saturated carbocycles. The molecule has 1 heterocycles. The van der Waals surface area contributed by atoms with Crippen molar-refractivity contribution < 1.29 is 4.79 Å². The molecule has 0 fully saturated rings. The summed E-state index contributed by atoms with van der Waals surface area (Å²) >= 11 is 0. The van der Waals surface area contributed by atoms with Crippen LogP contribution in [0.3, 0.4) is 0 Å². The van der Waals surface area contributed by atoms with Crippen LogP contribution in [0.15, 0.2) is 12.4 Å². The van der Waals surface area contributed by atoms with Crippen LogP contribution in [0.2, 0.25) is 0 Å². The van der Waals surface area contributed by atoms with Gasteiger partial charge in [0.1, 0.15) is 0 Å². The fourth-order valence-corrected chi connectivity index (χ4v) is 0.909. The SMILES string of the molecule is Cc1cnc(CNC(=O)C(C)(C)N)cn1. The molecule has 0 aromatic carbocycles. The molecule has 1 amide bonds. The Bertz CT molecular complexity index is 339. The van der Waals surface area contributed by atoms with Crippen LogP contribution in [0.25, 0.3) is 0 Å². The summed E-state index contributed by atoms with van der Waals surface area (Å²) in [4.78, 5) is 19.6. The highest BCUT2D eigenvalue weighted by Gasteiger charge is 2.21. The van der Waals surface area contributed by atoms with Gasteiger partial charge < -0.3 is 11.1 Å². The maximum atomic E-state index is 11.4. The average Bonchev–Trinajstić information content (AvgIpc) is 2.15. The Morgan fingerprint density at radius 3 is 2.60 bits per heavy atom. The summed E-state index contributed by atoms with van der Waals surface area (Å²) in [7, 11) is 0. The Kier molecular flexibility index (Phi) is 3.36. The first-order valence-electron chi connectivity index (χ1n) is 4.74. The van der Waals surface area contributed by atoms with Crippen LogP contribution in [-0.4, -0.2) is 21.4 Å². The van der Waals surface area contributed by atoms with Gasteiger partial charge in [-0.25, -0.2) is 0 Å². The van der Waals surface area contributed by atoms with Gasteiger partial charge in [0.25, 0.3) is 0 Å². The lowest BCUT2D eigenvalue weighted by Gasteiger charge is -2.17. The van der Waals surface area contributed by atoms with E-state index >= 15 is 0 Å². The Morgan fingerprint density at radius 1 is 1.47 bits per heavy atom. The summed E-state index contributed by atoms with van der Waals surface area (Å²) in [6.07, 6.45) is 3.30. The first kappa shape index (κ1) is 11.6. The number of rotatable bonds is 3. The van der Waals surface area contributed by atoms with E-state index in [0.29, 0.717) is 6.54 Å². The molecule has 1 aromatic heterocycles. The molecule has 0 saturated heterocycles. The number of nitrogens with one attached hydrogen (secondary N) is 1. The van der Waals surface area contributed by atoms with Crippen molar-refractivity contribution in [3.05, 3.63) is 23.8 Å². The minimum Gasteiger partial charge on any atom is -0.349 e. The van der Waals surface area contributed by atoms with Crippen LogP contribution in [0.1, 0.15) is 25.2 Å². The maximum absolute atomic E-state index is 11.4. The molecule has 5 heteroatoms. The largest absolute Gasteiger partial charge is 0.349 e. The first-order valence-corrected chi connectivity index (χ1v) is 4.74. The molecule has 0 aliphatic heterocycles. The summed E-state index contributed by atoms with van der Waals surface area (Å²) in [6, 6.07) is 0. The third kappa shape index (κ3) is 3.63. The van der Waals surface area contributed by atoms with E-state index in [9.17, 15) is 4.79 Å². The van der Waals surface area contributed by atoms with Crippen molar-refractivity contribution in [3.8, 4) is 0 Å². The van der Waals surface area contributed by atoms with Crippen LogP contribution >= 0.6 is 0 Å². The van der Waals surface area contributed by atoms with E-state index in [0.717, 1.165) is 11.4 Å². The number of nitrogens with zero attached hydrogens (tertiary/aromatic N) is 2. The average molecular weight is 208 g/mol. The number of hydrogen-bond acceptors (Lipinski definition) is 4. The number of amides is 1. The van der Waals surface area contributed by atoms with Gasteiger partial charge in [-0.2, -0.15) is 0 Å². The molecule has 3 N–H and O–H groups in total. The Hall–Kier alpha value is -1.49. The second-order valence-corrected chi connectivity index (χ2v) is 4.05. The maximum Gasteiger partial charge on any atom is 0.239 e. The van der Waals surface area contributed by atoms with Gasteiger partial charge in [0.2, 0.25) is 5.91 Å². The molecule has 1 rings (SSSR count). The molecular formula is C10H16N4O. The molecule has 1 aromatic rings. The van der Waals surface area contributed by atoms with Crippen LogP contribution in [0.5, 0.6) is 0 Å². The Labute approximate surface area is 89.1 Å². The van der Waals surface area contributed by atoms with Crippen molar-refractivity contribution in [2.45, 2.75) is 32.9 Å². The van der Waals surface area contributed by atoms with E-state index in [1.165, 1.54) is 0 Å². The second kappa shape index (κ2) is 4.35. The van der Waals surface area contributed by atoms with Crippen LogP contribution in [-0.2, 0) is 11.3 Å². The van der Waals surface area contributed by atoms with Crippen molar-refractivity contribution in [1.82, 2.24) is 15.3 Å². The molecule has 0 spiro atoms. The third-order valence-corrected chi connectivity index (χ3v) is 1.85. The molecule has 0 aliphatic carbocycles. The number of carbonyl (C=O) groups excluding carboxylic acids is 1. The van der Waals surface area contributed by atoms with Gasteiger partial charge in [-0.3, -0.25) is 14.8 Å². The molecular weight excluding hydrogens is 192 g/mol. The molecule has 0 aliphatic rings. The minimum atomic E-state index is -0.863. The van der Waals surface area contributed by atoms with Crippen molar-refractivity contribution in [2.75, 3.05) is 0 Å². The van der Waals surface area contributed by atoms with E-state index < -0.39 is 5.54 Å². The van der Waals surface area contributed by atoms with E-state index in [2.05, 4.69) is 15.3 Å². The van der Waals surface area contributed by atoms with Crippen molar-refractivity contribution in [1.29, 1.82) is 0 Å². The molecule has 0 radical (unpaired) electrons. The van der Waals surface area contributed by atoms with E-state index in [-0.39, 0.29) is 5.91 Å². The second-order valence-electron chi connectivity index (χ2n) is 4.05. The summed E-state index contributed by atoms with van der Waals surface area (Å²) in [5.74, 6) is -0.204. The third-order valence-electron chi connectivity index (χ3n) is 1.85. The van der Waals surface area contributed by atoms with Gasteiger partial charge in [0.05, 0.1) is 29.7 Å².